The number of hydrogen-bond acceptors (Lipinski definition) is 7. The van der Waals surface area contributed by atoms with Gasteiger partial charge in [0.15, 0.2) is 0 Å². The summed E-state index contributed by atoms with van der Waals surface area (Å²) in [5.41, 5.74) is 1.99. The summed E-state index contributed by atoms with van der Waals surface area (Å²) in [4.78, 5) is 20.9. The van der Waals surface area contributed by atoms with E-state index in [0.717, 1.165) is 36.1 Å². The van der Waals surface area contributed by atoms with E-state index in [2.05, 4.69) is 5.16 Å². The molecule has 0 aliphatic carbocycles. The lowest BCUT2D eigenvalue weighted by Crippen LogP contribution is -2.03. The summed E-state index contributed by atoms with van der Waals surface area (Å²) in [7, 11) is 1.38. The Morgan fingerprint density at radius 2 is 1.81 bits per heavy atom. The molecule has 1 N–H and O–H groups in total. The molecule has 5 nitrogen and oxygen atoms in total. The van der Waals surface area contributed by atoms with Crippen molar-refractivity contribution >= 4 is 45.8 Å². The van der Waals surface area contributed by atoms with Crippen LogP contribution in [0.5, 0.6) is 0 Å². The van der Waals surface area contributed by atoms with E-state index in [-0.39, 0.29) is 5.97 Å². The van der Waals surface area contributed by atoms with Gasteiger partial charge in [-0.05, 0) is 36.4 Å². The molecule has 0 bridgehead atoms. The highest BCUT2D eigenvalue weighted by molar-refractivity contribution is 7.24. The molecule has 0 atom stereocenters. The quantitative estimate of drug-likeness (QED) is 0.221. The van der Waals surface area contributed by atoms with Gasteiger partial charge in [-0.2, -0.15) is 0 Å². The number of esters is 1. The summed E-state index contributed by atoms with van der Waals surface area (Å²) in [5.74, 6) is -0.377. The molecule has 3 aromatic heterocycles. The number of carbonyl (C=O) groups is 1. The van der Waals surface area contributed by atoms with Crippen LogP contribution in [-0.4, -0.2) is 29.5 Å². The molecule has 0 saturated carbocycles. The number of hydrogen-bond donors (Lipinski definition) is 1. The number of methoxy groups -OCH3 is 1. The van der Waals surface area contributed by atoms with Crippen molar-refractivity contribution in [3.05, 3.63) is 65.0 Å². The van der Waals surface area contributed by atoms with Gasteiger partial charge >= 0.3 is 5.97 Å². The number of rotatable bonds is 4. The first-order valence-electron chi connectivity index (χ1n) is 8.05. The Bertz CT molecular complexity index is 1160. The molecule has 134 valence electrons. The molecule has 3 heterocycles. The van der Waals surface area contributed by atoms with Gasteiger partial charge in [-0.25, -0.2) is 9.78 Å². The van der Waals surface area contributed by atoms with Gasteiger partial charge in [0.25, 0.3) is 0 Å². The highest BCUT2D eigenvalue weighted by Gasteiger charge is 2.15. The van der Waals surface area contributed by atoms with Crippen LogP contribution in [0.2, 0.25) is 0 Å². The number of ether oxygens (including phenoxy) is 1. The molecular weight excluding hydrogens is 380 g/mol. The third kappa shape index (κ3) is 3.34. The second-order valence-corrected chi connectivity index (χ2v) is 7.87. The molecular formula is C20H14N2O3S2. The van der Waals surface area contributed by atoms with Gasteiger partial charge in [0.2, 0.25) is 0 Å². The lowest BCUT2D eigenvalue weighted by atomic mass is 10.1. The van der Waals surface area contributed by atoms with Crippen LogP contribution in [0, 0.1) is 0 Å². The predicted octanol–water partition coefficient (Wildman–Crippen LogP) is 5.29. The van der Waals surface area contributed by atoms with E-state index in [1.165, 1.54) is 24.7 Å². The maximum atomic E-state index is 12.2. The number of oxime groups is 1. The Morgan fingerprint density at radius 1 is 1.07 bits per heavy atom. The van der Waals surface area contributed by atoms with Crippen molar-refractivity contribution in [3.8, 4) is 20.3 Å². The number of thiophene rings is 2. The van der Waals surface area contributed by atoms with Crippen LogP contribution < -0.4 is 0 Å². The number of pyridine rings is 1. The first-order valence-corrected chi connectivity index (χ1v) is 9.69. The molecule has 0 amide bonds. The largest absolute Gasteiger partial charge is 0.465 e. The number of para-hydroxylation sites is 1. The Balaban J connectivity index is 1.78. The molecule has 1 aromatic carbocycles. The van der Waals surface area contributed by atoms with Crippen LogP contribution in [0.4, 0.5) is 0 Å². The van der Waals surface area contributed by atoms with Crippen LogP contribution in [0.1, 0.15) is 15.2 Å². The fraction of sp³-hybridized carbons (Fsp3) is 0.0500. The maximum absolute atomic E-state index is 12.2. The van der Waals surface area contributed by atoms with Gasteiger partial charge < -0.3 is 9.94 Å². The van der Waals surface area contributed by atoms with Gasteiger partial charge in [-0.3, -0.25) is 0 Å². The summed E-state index contributed by atoms with van der Waals surface area (Å²) in [5, 5.41) is 12.5. The van der Waals surface area contributed by atoms with Crippen LogP contribution >= 0.6 is 22.7 Å². The fourth-order valence-electron chi connectivity index (χ4n) is 2.80. The van der Waals surface area contributed by atoms with Gasteiger partial charge in [0.1, 0.15) is 0 Å². The summed E-state index contributed by atoms with van der Waals surface area (Å²) >= 11 is 3.14. The highest BCUT2D eigenvalue weighted by atomic mass is 32.1. The maximum Gasteiger partial charge on any atom is 0.338 e. The lowest BCUT2D eigenvalue weighted by Gasteiger charge is -2.07. The van der Waals surface area contributed by atoms with E-state index >= 15 is 0 Å². The lowest BCUT2D eigenvalue weighted by molar-refractivity contribution is 0.0603. The van der Waals surface area contributed by atoms with Gasteiger partial charge in [-0.15, -0.1) is 22.7 Å². The molecule has 0 radical (unpaired) electrons. The summed E-state index contributed by atoms with van der Waals surface area (Å²) in [6.07, 6.45) is 1.41. The number of nitrogens with zero attached hydrogens (tertiary/aromatic N) is 2. The van der Waals surface area contributed by atoms with E-state index < -0.39 is 0 Å². The Kier molecular flexibility index (Phi) is 4.70. The van der Waals surface area contributed by atoms with Crippen molar-refractivity contribution in [2.45, 2.75) is 0 Å². The van der Waals surface area contributed by atoms with Crippen molar-refractivity contribution in [3.63, 3.8) is 0 Å². The topological polar surface area (TPSA) is 71.8 Å². The van der Waals surface area contributed by atoms with Crippen LogP contribution in [-0.2, 0) is 4.74 Å². The molecule has 0 aliphatic heterocycles. The molecule has 7 heteroatoms. The third-order valence-electron chi connectivity index (χ3n) is 4.03. The zero-order chi connectivity index (χ0) is 18.8. The SMILES string of the molecule is COC(=O)c1cc(-c2ccc(-c3ccc(/C=N/O)s3)s2)nc2ccccc12. The molecule has 0 unspecified atom stereocenters. The van der Waals surface area contributed by atoms with Crippen molar-refractivity contribution in [1.82, 2.24) is 4.98 Å². The fourth-order valence-corrected chi connectivity index (χ4v) is 4.73. The number of fused-ring (bicyclic) bond motifs is 1. The van der Waals surface area contributed by atoms with Crippen LogP contribution in [0.25, 0.3) is 31.2 Å². The smallest absolute Gasteiger partial charge is 0.338 e. The van der Waals surface area contributed by atoms with E-state index in [1.54, 1.807) is 17.4 Å². The van der Waals surface area contributed by atoms with Crippen molar-refractivity contribution in [2.75, 3.05) is 7.11 Å². The first kappa shape index (κ1) is 17.4. The second kappa shape index (κ2) is 7.30. The number of carbonyl (C=O) groups excluding carboxylic acids is 1. The van der Waals surface area contributed by atoms with E-state index in [4.69, 9.17) is 14.9 Å². The third-order valence-corrected chi connectivity index (χ3v) is 6.36. The van der Waals surface area contributed by atoms with Crippen molar-refractivity contribution < 1.29 is 14.7 Å². The Labute approximate surface area is 163 Å². The monoisotopic (exact) mass is 394 g/mol. The second-order valence-electron chi connectivity index (χ2n) is 5.67. The summed E-state index contributed by atoms with van der Waals surface area (Å²) < 4.78 is 4.94. The minimum atomic E-state index is -0.377. The van der Waals surface area contributed by atoms with Gasteiger partial charge in [-0.1, -0.05) is 23.4 Å². The molecule has 4 aromatic rings. The molecule has 0 fully saturated rings. The normalized spacial score (nSPS) is 11.3. The number of aromatic nitrogens is 1. The van der Waals surface area contributed by atoms with Crippen LogP contribution in [0.3, 0.4) is 0 Å². The van der Waals surface area contributed by atoms with Crippen LogP contribution in [0.15, 0.2) is 59.8 Å². The molecule has 0 spiro atoms. The highest BCUT2D eigenvalue weighted by Crippen LogP contribution is 2.37. The minimum Gasteiger partial charge on any atom is -0.465 e. The van der Waals surface area contributed by atoms with Gasteiger partial charge in [0.05, 0.1) is 35.0 Å². The van der Waals surface area contributed by atoms with Crippen molar-refractivity contribution in [2.24, 2.45) is 5.16 Å². The Morgan fingerprint density at radius 3 is 2.63 bits per heavy atom. The van der Waals surface area contributed by atoms with Crippen molar-refractivity contribution in [1.29, 1.82) is 0 Å². The predicted molar refractivity (Wildman–Crippen MR) is 109 cm³/mol. The van der Waals surface area contributed by atoms with E-state index in [1.807, 2.05) is 48.5 Å². The average molecular weight is 394 g/mol. The average Bonchev–Trinajstić information content (AvgIpc) is 3.36. The number of benzene rings is 1. The molecule has 4 rings (SSSR count). The first-order chi connectivity index (χ1) is 13.2. The zero-order valence-corrected chi connectivity index (χ0v) is 15.9. The Hall–Kier alpha value is -3.03. The minimum absolute atomic E-state index is 0.377. The van der Waals surface area contributed by atoms with E-state index in [9.17, 15) is 4.79 Å². The molecule has 27 heavy (non-hydrogen) atoms. The van der Waals surface area contributed by atoms with E-state index in [0.29, 0.717) is 5.56 Å². The summed E-state index contributed by atoms with van der Waals surface area (Å²) in [6, 6.07) is 17.2. The van der Waals surface area contributed by atoms with Gasteiger partial charge in [0, 0.05) is 20.0 Å². The summed E-state index contributed by atoms with van der Waals surface area (Å²) in [6.45, 7) is 0. The zero-order valence-electron chi connectivity index (χ0n) is 14.2. The standard InChI is InChI=1S/C20H14N2O3S2/c1-25-20(23)14-10-16(22-15-5-3-2-4-13(14)15)17-8-9-19(27-17)18-7-6-12(26-18)11-21-24/h2-11,24H,1H3/b21-11+. The molecule has 0 saturated heterocycles. The molecule has 0 aliphatic rings.